The molecule has 0 saturated carbocycles. The van der Waals surface area contributed by atoms with Gasteiger partial charge in [-0.25, -0.2) is 12.7 Å². The molecule has 1 fully saturated rings. The van der Waals surface area contributed by atoms with E-state index in [0.717, 1.165) is 12.0 Å². The van der Waals surface area contributed by atoms with Crippen LogP contribution in [0.5, 0.6) is 0 Å². The van der Waals surface area contributed by atoms with E-state index in [1.165, 1.54) is 4.31 Å². The molecule has 22 heavy (non-hydrogen) atoms. The minimum absolute atomic E-state index is 0.0191. The number of rotatable bonds is 6. The van der Waals surface area contributed by atoms with Crippen molar-refractivity contribution >= 4 is 10.0 Å². The Labute approximate surface area is 129 Å². The van der Waals surface area contributed by atoms with Gasteiger partial charge in [0.15, 0.2) is 0 Å². The Kier molecular flexibility index (Phi) is 4.21. The van der Waals surface area contributed by atoms with Crippen LogP contribution in [0, 0.1) is 0 Å². The van der Waals surface area contributed by atoms with Gasteiger partial charge in [-0.3, -0.25) is 4.98 Å². The van der Waals surface area contributed by atoms with E-state index in [0.29, 0.717) is 31.2 Å². The molecule has 0 spiro atoms. The van der Waals surface area contributed by atoms with Crippen LogP contribution in [0.15, 0.2) is 29.0 Å². The first-order valence-electron chi connectivity index (χ1n) is 7.32. The first-order valence-corrected chi connectivity index (χ1v) is 8.93. The molecule has 3 rings (SSSR count). The van der Waals surface area contributed by atoms with Gasteiger partial charge in [0.25, 0.3) is 0 Å². The number of sulfonamides is 1. The molecule has 0 atom stereocenters. The number of nitrogens with zero attached hydrogens (tertiary/aromatic N) is 4. The summed E-state index contributed by atoms with van der Waals surface area (Å²) in [6, 6.07) is 3.65. The van der Waals surface area contributed by atoms with E-state index in [-0.39, 0.29) is 11.7 Å². The quantitative estimate of drug-likeness (QED) is 0.803. The minimum atomic E-state index is -3.14. The average molecular weight is 322 g/mol. The molecule has 2 aromatic heterocycles. The van der Waals surface area contributed by atoms with Crippen molar-refractivity contribution in [3.8, 4) is 11.4 Å². The molecule has 0 bridgehead atoms. The lowest BCUT2D eigenvalue weighted by Crippen LogP contribution is -2.49. The summed E-state index contributed by atoms with van der Waals surface area (Å²) in [4.78, 5) is 8.35. The molecule has 0 aliphatic carbocycles. The zero-order valence-corrected chi connectivity index (χ0v) is 13.2. The van der Waals surface area contributed by atoms with E-state index in [1.807, 2.05) is 13.0 Å². The van der Waals surface area contributed by atoms with Crippen LogP contribution in [-0.4, -0.2) is 46.7 Å². The number of unbranched alkanes of at least 4 members (excludes halogenated alkanes) is 1. The van der Waals surface area contributed by atoms with Gasteiger partial charge >= 0.3 is 0 Å². The van der Waals surface area contributed by atoms with Crippen molar-refractivity contribution in [2.75, 3.05) is 18.8 Å². The Morgan fingerprint density at radius 3 is 2.91 bits per heavy atom. The molecule has 2 aromatic rings. The van der Waals surface area contributed by atoms with Gasteiger partial charge in [0.2, 0.25) is 21.7 Å². The third kappa shape index (κ3) is 3.02. The molecule has 0 unspecified atom stereocenters. The maximum atomic E-state index is 12.0. The molecule has 118 valence electrons. The fourth-order valence-corrected chi connectivity index (χ4v) is 4.02. The van der Waals surface area contributed by atoms with E-state index in [1.54, 1.807) is 18.5 Å². The van der Waals surface area contributed by atoms with Crippen LogP contribution < -0.4 is 0 Å². The van der Waals surface area contributed by atoms with Gasteiger partial charge in [0, 0.05) is 31.0 Å². The zero-order valence-electron chi connectivity index (χ0n) is 12.3. The number of hydrogen-bond acceptors (Lipinski definition) is 6. The highest BCUT2D eigenvalue weighted by molar-refractivity contribution is 7.89. The number of pyridine rings is 1. The second kappa shape index (κ2) is 6.13. The highest BCUT2D eigenvalue weighted by Crippen LogP contribution is 2.29. The first kappa shape index (κ1) is 15.1. The van der Waals surface area contributed by atoms with Crippen LogP contribution in [0.3, 0.4) is 0 Å². The molecule has 0 aromatic carbocycles. The van der Waals surface area contributed by atoms with Crippen LogP contribution in [-0.2, 0) is 10.0 Å². The fraction of sp³-hybridized carbons (Fsp3) is 0.500. The predicted molar refractivity (Wildman–Crippen MR) is 80.5 cm³/mol. The molecule has 0 radical (unpaired) electrons. The Balaban J connectivity index is 1.63. The van der Waals surface area contributed by atoms with Gasteiger partial charge in [-0.05, 0) is 18.6 Å². The van der Waals surface area contributed by atoms with E-state index < -0.39 is 10.0 Å². The third-order valence-electron chi connectivity index (χ3n) is 3.71. The van der Waals surface area contributed by atoms with E-state index in [4.69, 9.17) is 4.52 Å². The largest absolute Gasteiger partial charge is 0.339 e. The van der Waals surface area contributed by atoms with Crippen molar-refractivity contribution in [1.29, 1.82) is 0 Å². The fourth-order valence-electron chi connectivity index (χ4n) is 2.29. The second-order valence-electron chi connectivity index (χ2n) is 5.38. The molecule has 8 heteroatoms. The Hall–Kier alpha value is -1.80. The SMILES string of the molecule is CCCCS(=O)(=O)N1CC(c2nc(-c3cccnc3)no2)C1. The third-order valence-corrected chi connectivity index (χ3v) is 5.60. The van der Waals surface area contributed by atoms with Gasteiger partial charge in [-0.1, -0.05) is 18.5 Å². The summed E-state index contributed by atoms with van der Waals surface area (Å²) in [5.74, 6) is 1.16. The van der Waals surface area contributed by atoms with Gasteiger partial charge in [-0.15, -0.1) is 0 Å². The van der Waals surface area contributed by atoms with Gasteiger partial charge in [-0.2, -0.15) is 4.98 Å². The number of hydrogen-bond donors (Lipinski definition) is 0. The van der Waals surface area contributed by atoms with E-state index >= 15 is 0 Å². The maximum Gasteiger partial charge on any atom is 0.232 e. The van der Waals surface area contributed by atoms with Crippen LogP contribution in [0.1, 0.15) is 31.6 Å². The molecule has 7 nitrogen and oxygen atoms in total. The molecule has 1 aliphatic rings. The summed E-state index contributed by atoms with van der Waals surface area (Å²) in [7, 11) is -3.14. The minimum Gasteiger partial charge on any atom is -0.339 e. The van der Waals surface area contributed by atoms with Crippen LogP contribution in [0.25, 0.3) is 11.4 Å². The lowest BCUT2D eigenvalue weighted by molar-refractivity contribution is 0.216. The molecule has 0 N–H and O–H groups in total. The summed E-state index contributed by atoms with van der Waals surface area (Å²) < 4.78 is 30.8. The van der Waals surface area contributed by atoms with Crippen LogP contribution >= 0.6 is 0 Å². The Bertz CT molecular complexity index is 724. The molecule has 3 heterocycles. The maximum absolute atomic E-state index is 12.0. The molecular formula is C14H18N4O3S. The standard InChI is InChI=1S/C14H18N4O3S/c1-2-3-7-22(19,20)18-9-12(10-18)14-16-13(17-21-14)11-5-4-6-15-8-11/h4-6,8,12H,2-3,7,9-10H2,1H3. The van der Waals surface area contributed by atoms with Crippen molar-refractivity contribution in [2.24, 2.45) is 0 Å². The van der Waals surface area contributed by atoms with Crippen molar-refractivity contribution in [3.63, 3.8) is 0 Å². The number of aromatic nitrogens is 3. The van der Waals surface area contributed by atoms with Crippen LogP contribution in [0.2, 0.25) is 0 Å². The first-order chi connectivity index (χ1) is 10.6. The van der Waals surface area contributed by atoms with Gasteiger partial charge < -0.3 is 4.52 Å². The summed E-state index contributed by atoms with van der Waals surface area (Å²) in [6.07, 6.45) is 4.90. The summed E-state index contributed by atoms with van der Waals surface area (Å²) in [6.45, 7) is 2.81. The zero-order chi connectivity index (χ0) is 15.6. The lowest BCUT2D eigenvalue weighted by atomic mass is 10.0. The van der Waals surface area contributed by atoms with Gasteiger partial charge in [0.1, 0.15) is 0 Å². The van der Waals surface area contributed by atoms with Crippen LogP contribution in [0.4, 0.5) is 0 Å². The summed E-state index contributed by atoms with van der Waals surface area (Å²) in [5.41, 5.74) is 0.782. The Morgan fingerprint density at radius 2 is 2.23 bits per heavy atom. The lowest BCUT2D eigenvalue weighted by Gasteiger charge is -2.35. The Morgan fingerprint density at radius 1 is 1.41 bits per heavy atom. The molecular weight excluding hydrogens is 304 g/mol. The van der Waals surface area contributed by atoms with E-state index in [2.05, 4.69) is 15.1 Å². The normalized spacial score (nSPS) is 16.6. The predicted octanol–water partition coefficient (Wildman–Crippen LogP) is 1.66. The van der Waals surface area contributed by atoms with Crippen molar-refractivity contribution in [1.82, 2.24) is 19.4 Å². The van der Waals surface area contributed by atoms with E-state index in [9.17, 15) is 8.42 Å². The molecule has 1 aliphatic heterocycles. The monoisotopic (exact) mass is 322 g/mol. The highest BCUT2D eigenvalue weighted by atomic mass is 32.2. The van der Waals surface area contributed by atoms with Gasteiger partial charge in [0.05, 0.1) is 11.7 Å². The second-order valence-corrected chi connectivity index (χ2v) is 7.47. The smallest absolute Gasteiger partial charge is 0.232 e. The average Bonchev–Trinajstić information content (AvgIpc) is 2.94. The topological polar surface area (TPSA) is 89.2 Å². The summed E-state index contributed by atoms with van der Waals surface area (Å²) >= 11 is 0. The van der Waals surface area contributed by atoms with Crippen molar-refractivity contribution in [3.05, 3.63) is 30.4 Å². The molecule has 0 amide bonds. The summed E-state index contributed by atoms with van der Waals surface area (Å²) in [5, 5.41) is 3.93. The molecule has 1 saturated heterocycles. The van der Waals surface area contributed by atoms with Crippen molar-refractivity contribution in [2.45, 2.75) is 25.7 Å². The highest BCUT2D eigenvalue weighted by Gasteiger charge is 2.39. The van der Waals surface area contributed by atoms with Crippen molar-refractivity contribution < 1.29 is 12.9 Å².